The van der Waals surface area contributed by atoms with Crippen LogP contribution in [0.3, 0.4) is 0 Å². The Balaban J connectivity index is 1.93. The number of thioether (sulfide) groups is 1. The van der Waals surface area contributed by atoms with E-state index in [1.807, 2.05) is 23.9 Å². The predicted octanol–water partition coefficient (Wildman–Crippen LogP) is 5.42. The van der Waals surface area contributed by atoms with Gasteiger partial charge in [-0.1, -0.05) is 46.6 Å². The zero-order valence-corrected chi connectivity index (χ0v) is 15.1. The van der Waals surface area contributed by atoms with Gasteiger partial charge >= 0.3 is 0 Å². The fourth-order valence-corrected chi connectivity index (χ4v) is 3.59. The number of hydrogen-bond donors (Lipinski definition) is 1. The molecule has 0 radical (unpaired) electrons. The van der Waals surface area contributed by atoms with Gasteiger partial charge in [-0.2, -0.15) is 0 Å². The van der Waals surface area contributed by atoms with E-state index < -0.39 is 0 Å². The highest BCUT2D eigenvalue weighted by Crippen LogP contribution is 2.22. The number of rotatable bonds is 7. The summed E-state index contributed by atoms with van der Waals surface area (Å²) in [5.41, 5.74) is 1.28. The summed E-state index contributed by atoms with van der Waals surface area (Å²) in [6.45, 7) is 3.13. The molecular weight excluding hydrogens is 366 g/mol. The minimum absolute atomic E-state index is 0.446. The zero-order valence-electron chi connectivity index (χ0n) is 12.0. The first kappa shape index (κ1) is 16.9. The van der Waals surface area contributed by atoms with Crippen LogP contribution >= 0.6 is 39.3 Å². The van der Waals surface area contributed by atoms with E-state index in [0.717, 1.165) is 28.2 Å². The Kier molecular flexibility index (Phi) is 7.11. The van der Waals surface area contributed by atoms with Crippen LogP contribution in [0.4, 0.5) is 0 Å². The van der Waals surface area contributed by atoms with Crippen molar-refractivity contribution in [2.75, 3.05) is 12.3 Å². The Morgan fingerprint density at radius 3 is 2.62 bits per heavy atom. The number of likely N-dealkylation sites (N-methyl/N-ethyl adjacent to an activating group) is 1. The fraction of sp³-hybridized carbons (Fsp3) is 0.294. The molecule has 1 nitrogen and oxygen atoms in total. The van der Waals surface area contributed by atoms with Gasteiger partial charge in [0, 0.05) is 26.2 Å². The van der Waals surface area contributed by atoms with Gasteiger partial charge in [-0.15, -0.1) is 11.8 Å². The van der Waals surface area contributed by atoms with Gasteiger partial charge < -0.3 is 5.32 Å². The molecule has 0 aliphatic carbocycles. The molecular formula is C17H19BrClNS. The van der Waals surface area contributed by atoms with E-state index in [0.29, 0.717) is 6.04 Å². The maximum atomic E-state index is 6.06. The lowest BCUT2D eigenvalue weighted by atomic mass is 10.1. The van der Waals surface area contributed by atoms with Crippen molar-refractivity contribution in [3.63, 3.8) is 0 Å². The summed E-state index contributed by atoms with van der Waals surface area (Å²) in [5.74, 6) is 1.04. The van der Waals surface area contributed by atoms with Crippen LogP contribution in [0.1, 0.15) is 12.5 Å². The smallest absolute Gasteiger partial charge is 0.0408 e. The second-order valence-corrected chi connectivity index (χ2v) is 7.30. The van der Waals surface area contributed by atoms with E-state index in [4.69, 9.17) is 11.6 Å². The largest absolute Gasteiger partial charge is 0.313 e. The first-order valence-electron chi connectivity index (χ1n) is 7.03. The molecule has 1 N–H and O–H groups in total. The number of hydrogen-bond acceptors (Lipinski definition) is 2. The third kappa shape index (κ3) is 6.03. The summed E-state index contributed by atoms with van der Waals surface area (Å²) in [6.07, 6.45) is 0.998. The van der Waals surface area contributed by atoms with Crippen LogP contribution in [-0.4, -0.2) is 18.3 Å². The third-order valence-electron chi connectivity index (χ3n) is 3.13. The van der Waals surface area contributed by atoms with Crippen LogP contribution in [0.2, 0.25) is 5.02 Å². The summed E-state index contributed by atoms with van der Waals surface area (Å²) in [5, 5.41) is 4.37. The fourth-order valence-electron chi connectivity index (χ4n) is 2.15. The molecule has 0 spiro atoms. The predicted molar refractivity (Wildman–Crippen MR) is 97.5 cm³/mol. The standard InChI is InChI=1S/C17H19BrClNS/c1-2-20-16(11-13-4-3-5-15(19)10-13)12-21-17-8-6-14(18)7-9-17/h3-10,16,20H,2,11-12H2,1H3. The van der Waals surface area contributed by atoms with Gasteiger partial charge in [0.15, 0.2) is 0 Å². The molecule has 0 saturated heterocycles. The van der Waals surface area contributed by atoms with Crippen LogP contribution in [0.15, 0.2) is 57.9 Å². The number of benzene rings is 2. The maximum absolute atomic E-state index is 6.06. The summed E-state index contributed by atoms with van der Waals surface area (Å²) in [4.78, 5) is 1.30. The molecule has 0 amide bonds. The highest BCUT2D eigenvalue weighted by atomic mass is 79.9. The summed E-state index contributed by atoms with van der Waals surface area (Å²) < 4.78 is 1.12. The van der Waals surface area contributed by atoms with E-state index in [1.54, 1.807) is 0 Å². The average molecular weight is 385 g/mol. The Morgan fingerprint density at radius 2 is 1.95 bits per heavy atom. The van der Waals surface area contributed by atoms with Crippen molar-refractivity contribution in [3.05, 3.63) is 63.6 Å². The summed E-state index contributed by atoms with van der Waals surface area (Å²) in [6, 6.07) is 17.0. The van der Waals surface area contributed by atoms with Crippen molar-refractivity contribution in [1.29, 1.82) is 0 Å². The van der Waals surface area contributed by atoms with Gasteiger partial charge in [0.2, 0.25) is 0 Å². The molecule has 0 aromatic heterocycles. The lowest BCUT2D eigenvalue weighted by Gasteiger charge is -2.18. The van der Waals surface area contributed by atoms with Crippen molar-refractivity contribution < 1.29 is 0 Å². The van der Waals surface area contributed by atoms with Crippen molar-refractivity contribution in [1.82, 2.24) is 5.32 Å². The highest BCUT2D eigenvalue weighted by molar-refractivity contribution is 9.10. The first-order valence-corrected chi connectivity index (χ1v) is 9.19. The zero-order chi connectivity index (χ0) is 15.1. The molecule has 1 atom stereocenters. The van der Waals surface area contributed by atoms with E-state index in [1.165, 1.54) is 10.5 Å². The van der Waals surface area contributed by atoms with Gasteiger partial charge in [0.05, 0.1) is 0 Å². The molecule has 0 bridgehead atoms. The van der Waals surface area contributed by atoms with Crippen molar-refractivity contribution >= 4 is 39.3 Å². The van der Waals surface area contributed by atoms with Crippen molar-refractivity contribution in [2.24, 2.45) is 0 Å². The molecule has 0 aliphatic heterocycles. The third-order valence-corrected chi connectivity index (χ3v) is 5.07. The molecule has 112 valence electrons. The van der Waals surface area contributed by atoms with E-state index in [9.17, 15) is 0 Å². The summed E-state index contributed by atoms with van der Waals surface area (Å²) >= 11 is 11.4. The monoisotopic (exact) mass is 383 g/mol. The highest BCUT2D eigenvalue weighted by Gasteiger charge is 2.09. The van der Waals surface area contributed by atoms with Crippen LogP contribution in [0.5, 0.6) is 0 Å². The minimum atomic E-state index is 0.446. The van der Waals surface area contributed by atoms with E-state index >= 15 is 0 Å². The van der Waals surface area contributed by atoms with Gasteiger partial charge in [-0.3, -0.25) is 0 Å². The molecule has 1 unspecified atom stereocenters. The molecule has 4 heteroatoms. The Labute approximate surface area is 144 Å². The molecule has 0 fully saturated rings. The van der Waals surface area contributed by atoms with Crippen LogP contribution in [0.25, 0.3) is 0 Å². The SMILES string of the molecule is CCNC(CSc1ccc(Br)cc1)Cc1cccc(Cl)c1. The normalized spacial score (nSPS) is 12.3. The molecule has 2 rings (SSSR count). The lowest BCUT2D eigenvalue weighted by Crippen LogP contribution is -2.33. The van der Waals surface area contributed by atoms with Gasteiger partial charge in [0.25, 0.3) is 0 Å². The van der Waals surface area contributed by atoms with E-state index in [2.05, 4.69) is 64.6 Å². The first-order chi connectivity index (χ1) is 10.2. The molecule has 0 saturated carbocycles. The Morgan fingerprint density at radius 1 is 1.19 bits per heavy atom. The quantitative estimate of drug-likeness (QED) is 0.640. The van der Waals surface area contributed by atoms with Crippen LogP contribution < -0.4 is 5.32 Å². The number of nitrogens with one attached hydrogen (secondary N) is 1. The van der Waals surface area contributed by atoms with E-state index in [-0.39, 0.29) is 0 Å². The van der Waals surface area contributed by atoms with Gasteiger partial charge in [0.1, 0.15) is 0 Å². The lowest BCUT2D eigenvalue weighted by molar-refractivity contribution is 0.572. The molecule has 0 heterocycles. The molecule has 2 aromatic rings. The van der Waals surface area contributed by atoms with Crippen LogP contribution in [-0.2, 0) is 6.42 Å². The Hall–Kier alpha value is -0.480. The maximum Gasteiger partial charge on any atom is 0.0408 e. The number of halogens is 2. The molecule has 0 aliphatic rings. The second-order valence-electron chi connectivity index (χ2n) is 4.85. The minimum Gasteiger partial charge on any atom is -0.313 e. The average Bonchev–Trinajstić information content (AvgIpc) is 2.47. The van der Waals surface area contributed by atoms with Crippen molar-refractivity contribution in [3.8, 4) is 0 Å². The molecule has 2 aromatic carbocycles. The topological polar surface area (TPSA) is 12.0 Å². The summed E-state index contributed by atoms with van der Waals surface area (Å²) in [7, 11) is 0. The van der Waals surface area contributed by atoms with Crippen LogP contribution in [0, 0.1) is 0 Å². The van der Waals surface area contributed by atoms with Gasteiger partial charge in [-0.25, -0.2) is 0 Å². The Bertz CT molecular complexity index is 559. The molecule has 21 heavy (non-hydrogen) atoms. The van der Waals surface area contributed by atoms with Gasteiger partial charge in [-0.05, 0) is 54.9 Å². The van der Waals surface area contributed by atoms with Crippen molar-refractivity contribution in [2.45, 2.75) is 24.3 Å². The second kappa shape index (κ2) is 8.84.